The predicted molar refractivity (Wildman–Crippen MR) is 113 cm³/mol. The standard InChI is InChI=1S/C22H26N4O4/c1-24-18-5-4-10-23-20(18)26(22(24)28)14-15-8-11-25(12-9-15)21(27)17-13-16(29-2)6-7-19(17)30-3/h4-7,10,13,15H,8-9,11-12,14H2,1-3H3. The second-order valence-corrected chi connectivity index (χ2v) is 7.60. The monoisotopic (exact) mass is 410 g/mol. The maximum Gasteiger partial charge on any atom is 0.330 e. The number of rotatable bonds is 5. The molecule has 1 aromatic carbocycles. The fraction of sp³-hybridized carbons (Fsp3) is 0.409. The summed E-state index contributed by atoms with van der Waals surface area (Å²) in [6, 6.07) is 8.98. The third-order valence-corrected chi connectivity index (χ3v) is 5.88. The Labute approximate surface area is 174 Å². The molecule has 1 fully saturated rings. The van der Waals surface area contributed by atoms with E-state index in [0.29, 0.717) is 48.3 Å². The molecule has 1 aliphatic rings. The first kappa shape index (κ1) is 20.0. The van der Waals surface area contributed by atoms with Gasteiger partial charge in [0.1, 0.15) is 11.5 Å². The lowest BCUT2D eigenvalue weighted by Gasteiger charge is -2.32. The van der Waals surface area contributed by atoms with Gasteiger partial charge in [0, 0.05) is 32.9 Å². The maximum atomic E-state index is 13.1. The number of nitrogens with zero attached hydrogens (tertiary/aromatic N) is 4. The van der Waals surface area contributed by atoms with Gasteiger partial charge in [0.25, 0.3) is 5.91 Å². The Morgan fingerprint density at radius 3 is 2.63 bits per heavy atom. The normalized spacial score (nSPS) is 14.8. The molecule has 0 spiro atoms. The third-order valence-electron chi connectivity index (χ3n) is 5.88. The van der Waals surface area contributed by atoms with E-state index in [9.17, 15) is 9.59 Å². The minimum Gasteiger partial charge on any atom is -0.497 e. The Morgan fingerprint density at radius 2 is 1.93 bits per heavy atom. The van der Waals surface area contributed by atoms with Crippen LogP contribution in [0.15, 0.2) is 41.3 Å². The average molecular weight is 410 g/mol. The van der Waals surface area contributed by atoms with Crippen molar-refractivity contribution in [2.45, 2.75) is 19.4 Å². The summed E-state index contributed by atoms with van der Waals surface area (Å²) >= 11 is 0. The largest absolute Gasteiger partial charge is 0.497 e. The van der Waals surface area contributed by atoms with Gasteiger partial charge >= 0.3 is 5.69 Å². The molecule has 0 bridgehead atoms. The van der Waals surface area contributed by atoms with Gasteiger partial charge in [0.05, 0.1) is 25.3 Å². The molecule has 2 aromatic heterocycles. The molecule has 0 N–H and O–H groups in total. The number of aryl methyl sites for hydroxylation is 1. The van der Waals surface area contributed by atoms with Crippen LogP contribution < -0.4 is 15.2 Å². The van der Waals surface area contributed by atoms with Crippen molar-refractivity contribution in [2.75, 3.05) is 27.3 Å². The summed E-state index contributed by atoms with van der Waals surface area (Å²) in [5.41, 5.74) is 2.00. The number of carbonyl (C=O) groups excluding carboxylic acids is 1. The highest BCUT2D eigenvalue weighted by Crippen LogP contribution is 2.28. The molecule has 1 saturated heterocycles. The highest BCUT2D eigenvalue weighted by molar-refractivity contribution is 5.97. The summed E-state index contributed by atoms with van der Waals surface area (Å²) in [5, 5.41) is 0. The van der Waals surface area contributed by atoms with Crippen molar-refractivity contribution in [3.63, 3.8) is 0 Å². The molecule has 3 heterocycles. The minimum absolute atomic E-state index is 0.0525. The summed E-state index contributed by atoms with van der Waals surface area (Å²) in [6.45, 7) is 1.88. The second-order valence-electron chi connectivity index (χ2n) is 7.60. The van der Waals surface area contributed by atoms with Gasteiger partial charge in [-0.05, 0) is 49.1 Å². The average Bonchev–Trinajstić information content (AvgIpc) is 3.03. The molecule has 30 heavy (non-hydrogen) atoms. The number of fused-ring (bicyclic) bond motifs is 1. The van der Waals surface area contributed by atoms with E-state index in [1.807, 2.05) is 17.0 Å². The van der Waals surface area contributed by atoms with Crippen molar-refractivity contribution in [3.8, 4) is 11.5 Å². The van der Waals surface area contributed by atoms with E-state index in [1.165, 1.54) is 0 Å². The van der Waals surface area contributed by atoms with Gasteiger partial charge in [-0.25, -0.2) is 9.78 Å². The Hall–Kier alpha value is -3.29. The Balaban J connectivity index is 1.47. The van der Waals surface area contributed by atoms with Crippen LogP contribution in [0.4, 0.5) is 0 Å². The number of imidazole rings is 1. The molecule has 8 nitrogen and oxygen atoms in total. The highest BCUT2D eigenvalue weighted by Gasteiger charge is 2.27. The van der Waals surface area contributed by atoms with Crippen LogP contribution in [0.5, 0.6) is 11.5 Å². The Kier molecular flexibility index (Phi) is 5.48. The predicted octanol–water partition coefficient (Wildman–Crippen LogP) is 2.30. The van der Waals surface area contributed by atoms with Crippen LogP contribution in [0.3, 0.4) is 0 Å². The quantitative estimate of drug-likeness (QED) is 0.645. The molecule has 0 saturated carbocycles. The van der Waals surface area contributed by atoms with Crippen LogP contribution in [-0.2, 0) is 13.6 Å². The lowest BCUT2D eigenvalue weighted by molar-refractivity contribution is 0.0679. The zero-order chi connectivity index (χ0) is 21.3. The van der Waals surface area contributed by atoms with Crippen LogP contribution in [-0.4, -0.2) is 52.2 Å². The first-order valence-electron chi connectivity index (χ1n) is 10.0. The van der Waals surface area contributed by atoms with Gasteiger partial charge in [0.2, 0.25) is 0 Å². The molecule has 1 aliphatic heterocycles. The molecule has 158 valence electrons. The summed E-state index contributed by atoms with van der Waals surface area (Å²) in [4.78, 5) is 32.0. The van der Waals surface area contributed by atoms with Gasteiger partial charge in [0.15, 0.2) is 5.65 Å². The van der Waals surface area contributed by atoms with Gasteiger partial charge < -0.3 is 14.4 Å². The number of amides is 1. The number of ether oxygens (including phenoxy) is 2. The van der Waals surface area contributed by atoms with Crippen LogP contribution in [0.2, 0.25) is 0 Å². The molecule has 0 atom stereocenters. The molecule has 0 unspecified atom stereocenters. The summed E-state index contributed by atoms with van der Waals surface area (Å²) in [5.74, 6) is 1.41. The number of piperidine rings is 1. The fourth-order valence-electron chi connectivity index (χ4n) is 4.13. The third kappa shape index (κ3) is 3.53. The smallest absolute Gasteiger partial charge is 0.330 e. The van der Waals surface area contributed by atoms with E-state index in [-0.39, 0.29) is 11.6 Å². The van der Waals surface area contributed by atoms with E-state index in [1.54, 1.807) is 54.8 Å². The topological polar surface area (TPSA) is 78.6 Å². The van der Waals surface area contributed by atoms with Gasteiger partial charge in [-0.15, -0.1) is 0 Å². The number of likely N-dealkylation sites (tertiary alicyclic amines) is 1. The van der Waals surface area contributed by atoms with Crippen molar-refractivity contribution in [1.29, 1.82) is 0 Å². The lowest BCUT2D eigenvalue weighted by Crippen LogP contribution is -2.40. The molecule has 0 aliphatic carbocycles. The summed E-state index contributed by atoms with van der Waals surface area (Å²) in [7, 11) is 4.90. The van der Waals surface area contributed by atoms with E-state index in [0.717, 1.165) is 18.4 Å². The maximum absolute atomic E-state index is 13.1. The lowest BCUT2D eigenvalue weighted by atomic mass is 9.96. The molecule has 3 aromatic rings. The number of hydrogen-bond acceptors (Lipinski definition) is 5. The van der Waals surface area contributed by atoms with E-state index >= 15 is 0 Å². The summed E-state index contributed by atoms with van der Waals surface area (Å²) in [6.07, 6.45) is 3.36. The molecular formula is C22H26N4O4. The zero-order valence-corrected chi connectivity index (χ0v) is 17.5. The van der Waals surface area contributed by atoms with E-state index < -0.39 is 0 Å². The molecule has 1 amide bonds. The zero-order valence-electron chi connectivity index (χ0n) is 17.5. The molecule has 8 heteroatoms. The minimum atomic E-state index is -0.0619. The van der Waals surface area contributed by atoms with Crippen molar-refractivity contribution >= 4 is 17.1 Å². The van der Waals surface area contributed by atoms with Crippen LogP contribution in [0.25, 0.3) is 11.2 Å². The van der Waals surface area contributed by atoms with Gasteiger partial charge in [-0.1, -0.05) is 0 Å². The van der Waals surface area contributed by atoms with E-state index in [2.05, 4.69) is 4.98 Å². The number of hydrogen-bond donors (Lipinski definition) is 0. The molecule has 4 rings (SSSR count). The first-order chi connectivity index (χ1) is 14.5. The number of aromatic nitrogens is 3. The Morgan fingerprint density at radius 1 is 1.17 bits per heavy atom. The van der Waals surface area contributed by atoms with Crippen LogP contribution in [0, 0.1) is 5.92 Å². The van der Waals surface area contributed by atoms with Crippen LogP contribution >= 0.6 is 0 Å². The van der Waals surface area contributed by atoms with Crippen molar-refractivity contribution < 1.29 is 14.3 Å². The second kappa shape index (κ2) is 8.22. The van der Waals surface area contributed by atoms with Crippen molar-refractivity contribution in [2.24, 2.45) is 13.0 Å². The fourth-order valence-corrected chi connectivity index (χ4v) is 4.13. The number of pyridine rings is 1. The number of carbonyl (C=O) groups is 1. The summed E-state index contributed by atoms with van der Waals surface area (Å²) < 4.78 is 14.0. The molecular weight excluding hydrogens is 384 g/mol. The van der Waals surface area contributed by atoms with Gasteiger partial charge in [-0.2, -0.15) is 0 Å². The SMILES string of the molecule is COc1ccc(OC)c(C(=O)N2CCC(Cn3c(=O)n(C)c4cccnc43)CC2)c1. The highest BCUT2D eigenvalue weighted by atomic mass is 16.5. The molecule has 0 radical (unpaired) electrons. The van der Waals surface area contributed by atoms with Gasteiger partial charge in [-0.3, -0.25) is 13.9 Å². The van der Waals surface area contributed by atoms with E-state index in [4.69, 9.17) is 9.47 Å². The van der Waals surface area contributed by atoms with Crippen molar-refractivity contribution in [3.05, 3.63) is 52.6 Å². The van der Waals surface area contributed by atoms with Crippen molar-refractivity contribution in [1.82, 2.24) is 19.0 Å². The number of methoxy groups -OCH3 is 2. The number of benzene rings is 1. The Bertz CT molecular complexity index is 1130. The first-order valence-corrected chi connectivity index (χ1v) is 10.0. The van der Waals surface area contributed by atoms with Crippen LogP contribution in [0.1, 0.15) is 23.2 Å².